The molecule has 0 unspecified atom stereocenters. The summed E-state index contributed by atoms with van der Waals surface area (Å²) in [6.07, 6.45) is 10.2. The van der Waals surface area contributed by atoms with Crippen LogP contribution in [0.25, 0.3) is 0 Å². The highest BCUT2D eigenvalue weighted by molar-refractivity contribution is 7.95. The van der Waals surface area contributed by atoms with Gasteiger partial charge in [-0.2, -0.15) is 0 Å². The minimum atomic E-state index is -2.19. The van der Waals surface area contributed by atoms with Crippen LogP contribution in [0.2, 0.25) is 18.1 Å². The minimum Gasteiger partial charge on any atom is -1.00 e. The monoisotopic (exact) mass is 1020 g/mol. The number of methoxy groups -OCH3 is 2. The van der Waals surface area contributed by atoms with E-state index in [1.807, 2.05) is 24.3 Å². The van der Waals surface area contributed by atoms with E-state index in [2.05, 4.69) is 197 Å². The van der Waals surface area contributed by atoms with E-state index in [0.717, 1.165) is 23.9 Å². The Labute approximate surface area is 408 Å². The van der Waals surface area contributed by atoms with Crippen LogP contribution in [0.4, 0.5) is 0 Å². The van der Waals surface area contributed by atoms with Crippen molar-refractivity contribution in [1.82, 2.24) is 0 Å². The molecule has 0 N–H and O–H groups in total. The molecule has 0 aliphatic carbocycles. The van der Waals surface area contributed by atoms with Gasteiger partial charge in [0.1, 0.15) is 35.7 Å². The van der Waals surface area contributed by atoms with Crippen LogP contribution in [0.3, 0.4) is 0 Å². The van der Waals surface area contributed by atoms with Crippen LogP contribution in [-0.4, -0.2) is 53.8 Å². The Hall–Kier alpha value is -2.88. The van der Waals surface area contributed by atoms with Crippen molar-refractivity contribution in [3.63, 3.8) is 0 Å². The Morgan fingerprint density at radius 1 is 0.688 bits per heavy atom. The lowest BCUT2D eigenvalue weighted by atomic mass is 9.81. The summed E-state index contributed by atoms with van der Waals surface area (Å²) in [6.45, 7) is 30.4. The largest absolute Gasteiger partial charge is 1.00 e. The van der Waals surface area contributed by atoms with Crippen LogP contribution in [0.5, 0.6) is 5.75 Å². The van der Waals surface area contributed by atoms with Crippen molar-refractivity contribution in [3.05, 3.63) is 157 Å². The van der Waals surface area contributed by atoms with E-state index in [9.17, 15) is 0 Å². The first-order valence-corrected chi connectivity index (χ1v) is 27.9. The molecule has 8 atom stereocenters. The number of benzene rings is 4. The molecule has 4 aromatic carbocycles. The fraction of sp³-hybridized carbons (Fsp3) is 0.464. The van der Waals surface area contributed by atoms with Crippen LogP contribution < -0.4 is 44.6 Å². The van der Waals surface area contributed by atoms with Crippen molar-refractivity contribution in [2.45, 2.75) is 112 Å². The van der Waals surface area contributed by atoms with Crippen LogP contribution in [0.15, 0.2) is 152 Å². The van der Waals surface area contributed by atoms with Crippen LogP contribution in [-0.2, 0) is 25.2 Å². The van der Waals surface area contributed by atoms with Gasteiger partial charge < -0.3 is 47.4 Å². The van der Waals surface area contributed by atoms with Crippen LogP contribution in [0, 0.1) is 29.6 Å². The average molecular weight is 1020 g/mol. The molecule has 4 rings (SSSR count). The minimum absolute atomic E-state index is 0. The molecule has 0 radical (unpaired) electrons. The standard InChI is InChI=1S/C56H80O5PSi.HI/c1-15-16-26-43(3)54(59-39-48-33-35-49(58-12)36-34-48)47(7)55(61-63(13,14)56(8,9)10)45(5)38-42(2)37-44(4)53(60-41-57-11)46(6)40-62(50-27-20-17-21-28-50,51-29-22-18-23-30-51)52-31-24-19-25-32-52;/h15-37,43-47,53-55H,1,38-41H2,2-14H3;1H/q+1;/p-1/b26-16-,42-37-;/t43-,44-,45-,46-,47+,53+,54-,55+;/m0./s1. The van der Waals surface area contributed by atoms with E-state index in [1.165, 1.54) is 21.5 Å². The van der Waals surface area contributed by atoms with Gasteiger partial charge in [-0.1, -0.05) is 159 Å². The molecule has 0 saturated carbocycles. The smallest absolute Gasteiger partial charge is 0.192 e. The van der Waals surface area contributed by atoms with Gasteiger partial charge in [-0.15, -0.1) is 0 Å². The number of ether oxygens (including phenoxy) is 4. The van der Waals surface area contributed by atoms with Crippen LogP contribution in [0.1, 0.15) is 74.3 Å². The zero-order valence-electron chi connectivity index (χ0n) is 41.3. The second-order valence-electron chi connectivity index (χ2n) is 19.4. The van der Waals surface area contributed by atoms with Gasteiger partial charge in [0.05, 0.1) is 38.2 Å². The molecule has 64 heavy (non-hydrogen) atoms. The highest BCUT2D eigenvalue weighted by Gasteiger charge is 2.48. The molecule has 0 bridgehead atoms. The maximum atomic E-state index is 7.50. The topological polar surface area (TPSA) is 46.2 Å². The predicted octanol–water partition coefficient (Wildman–Crippen LogP) is 10.2. The Bertz CT molecular complexity index is 1890. The molecule has 350 valence electrons. The fourth-order valence-corrected chi connectivity index (χ4v) is 15.2. The second kappa shape index (κ2) is 26.5. The van der Waals surface area contributed by atoms with Crippen molar-refractivity contribution in [3.8, 4) is 5.75 Å². The van der Waals surface area contributed by atoms with Crippen molar-refractivity contribution < 1.29 is 47.4 Å². The van der Waals surface area contributed by atoms with Gasteiger partial charge >= 0.3 is 0 Å². The summed E-state index contributed by atoms with van der Waals surface area (Å²) in [5.41, 5.74) is 2.46. The summed E-state index contributed by atoms with van der Waals surface area (Å²) in [7, 11) is -0.860. The van der Waals surface area contributed by atoms with E-state index >= 15 is 0 Å². The van der Waals surface area contributed by atoms with E-state index < -0.39 is 15.6 Å². The molecular formula is C56H80IO5PSi. The van der Waals surface area contributed by atoms with E-state index in [0.29, 0.717) is 6.61 Å². The van der Waals surface area contributed by atoms with Crippen molar-refractivity contribution in [2.75, 3.05) is 27.2 Å². The molecule has 0 aliphatic rings. The Kier molecular flexibility index (Phi) is 22.9. The summed E-state index contributed by atoms with van der Waals surface area (Å²) in [4.78, 5) is 0. The molecule has 8 heteroatoms. The quantitative estimate of drug-likeness (QED) is 0.0165. The normalized spacial score (nSPS) is 16.5. The maximum Gasteiger partial charge on any atom is 0.192 e. The first-order valence-electron chi connectivity index (χ1n) is 23.0. The third kappa shape index (κ3) is 15.1. The zero-order chi connectivity index (χ0) is 46.2. The lowest BCUT2D eigenvalue weighted by Gasteiger charge is -2.45. The zero-order valence-corrected chi connectivity index (χ0v) is 45.4. The molecular weight excluding hydrogens is 939 g/mol. The summed E-state index contributed by atoms with van der Waals surface area (Å²) in [5, 5.41) is 4.21. The van der Waals surface area contributed by atoms with Gasteiger partial charge in [0.25, 0.3) is 0 Å². The highest BCUT2D eigenvalue weighted by atomic mass is 127. The van der Waals surface area contributed by atoms with Crippen molar-refractivity contribution in [2.24, 2.45) is 29.6 Å². The number of allylic oxidation sites excluding steroid dienone is 3. The van der Waals surface area contributed by atoms with Gasteiger partial charge in [-0.25, -0.2) is 0 Å². The van der Waals surface area contributed by atoms with Gasteiger partial charge in [-0.05, 0) is 91.5 Å². The van der Waals surface area contributed by atoms with Crippen molar-refractivity contribution in [1.29, 1.82) is 0 Å². The van der Waals surface area contributed by atoms with Gasteiger partial charge in [0.15, 0.2) is 8.32 Å². The molecule has 0 spiro atoms. The summed E-state index contributed by atoms with van der Waals surface area (Å²) in [6, 6.07) is 41.6. The van der Waals surface area contributed by atoms with Gasteiger partial charge in [0, 0.05) is 30.8 Å². The lowest BCUT2D eigenvalue weighted by molar-refractivity contribution is -0.0981. The molecule has 0 heterocycles. The molecule has 0 amide bonds. The van der Waals surface area contributed by atoms with E-state index in [-0.39, 0.29) is 83.7 Å². The Morgan fingerprint density at radius 2 is 1.20 bits per heavy atom. The maximum absolute atomic E-state index is 7.50. The van der Waals surface area contributed by atoms with E-state index in [4.69, 9.17) is 23.4 Å². The van der Waals surface area contributed by atoms with Gasteiger partial charge in [-0.3, -0.25) is 0 Å². The molecule has 4 aromatic rings. The summed E-state index contributed by atoms with van der Waals surface area (Å²) in [5.74, 6) is 1.65. The number of rotatable bonds is 25. The summed E-state index contributed by atoms with van der Waals surface area (Å²) < 4.78 is 32.2. The van der Waals surface area contributed by atoms with Crippen LogP contribution >= 0.6 is 7.26 Å². The third-order valence-corrected chi connectivity index (χ3v) is 22.4. The number of halogens is 1. The predicted molar refractivity (Wildman–Crippen MR) is 274 cm³/mol. The van der Waals surface area contributed by atoms with Crippen molar-refractivity contribution >= 4 is 31.5 Å². The lowest BCUT2D eigenvalue weighted by Crippen LogP contribution is -3.00. The fourth-order valence-electron chi connectivity index (χ4n) is 9.07. The molecule has 0 aromatic heterocycles. The number of hydrogen-bond donors (Lipinski definition) is 0. The SMILES string of the molecule is C=C/C=C\[C@H](C)[C@H](OCc1ccc(OC)cc1)[C@@H](C)[C@H](O[Si](C)(C)C(C)(C)C)[C@@H](C)C/C(C)=C\[C@H](C)[C@@H](OCOC)[C@@H](C)C[P+](c1ccccc1)(c1ccccc1)c1ccccc1.[I-]. The molecule has 0 aliphatic heterocycles. The Morgan fingerprint density at radius 3 is 1.66 bits per heavy atom. The number of hydrogen-bond acceptors (Lipinski definition) is 5. The molecule has 5 nitrogen and oxygen atoms in total. The second-order valence-corrected chi connectivity index (χ2v) is 27.7. The summed E-state index contributed by atoms with van der Waals surface area (Å²) >= 11 is 0. The van der Waals surface area contributed by atoms with E-state index in [1.54, 1.807) is 14.2 Å². The first-order chi connectivity index (χ1) is 30.0. The third-order valence-electron chi connectivity index (χ3n) is 13.3. The molecule has 0 saturated heterocycles. The average Bonchev–Trinajstić information content (AvgIpc) is 3.27. The Balaban J connectivity index is 0.0000109. The van der Waals surface area contributed by atoms with Gasteiger partial charge in [0.2, 0.25) is 0 Å². The first kappa shape index (κ1) is 55.4. The molecule has 0 fully saturated rings. The highest BCUT2D eigenvalue weighted by Crippen LogP contribution is 2.57.